The van der Waals surface area contributed by atoms with Crippen molar-refractivity contribution in [2.75, 3.05) is 5.73 Å². The zero-order chi connectivity index (χ0) is 9.26. The van der Waals surface area contributed by atoms with Crippen molar-refractivity contribution in [1.82, 2.24) is 15.0 Å². The highest BCUT2D eigenvalue weighted by Crippen LogP contribution is 2.24. The highest BCUT2D eigenvalue weighted by atomic mass is 79.9. The standard InChI is InChI=1S/C8H7BrN4/c9-7-5(2-1-3-11-7)6-4-12-8(10)13-6/h1-4H,(H3,10,12,13). The predicted octanol–water partition coefficient (Wildman–Crippen LogP) is 1.82. The van der Waals surface area contributed by atoms with E-state index in [0.717, 1.165) is 15.9 Å². The lowest BCUT2D eigenvalue weighted by atomic mass is 10.2. The van der Waals surface area contributed by atoms with Crippen LogP contribution in [0.15, 0.2) is 29.1 Å². The van der Waals surface area contributed by atoms with Crippen molar-refractivity contribution in [2.45, 2.75) is 0 Å². The predicted molar refractivity (Wildman–Crippen MR) is 53.9 cm³/mol. The number of hydrogen-bond acceptors (Lipinski definition) is 3. The first-order valence-corrected chi connectivity index (χ1v) is 4.48. The van der Waals surface area contributed by atoms with E-state index in [4.69, 9.17) is 5.73 Å². The van der Waals surface area contributed by atoms with Crippen molar-refractivity contribution in [1.29, 1.82) is 0 Å². The van der Waals surface area contributed by atoms with E-state index in [0.29, 0.717) is 5.95 Å². The van der Waals surface area contributed by atoms with Gasteiger partial charge in [-0.05, 0) is 28.1 Å². The van der Waals surface area contributed by atoms with Crippen LogP contribution in [0.2, 0.25) is 0 Å². The first-order chi connectivity index (χ1) is 6.27. The average Bonchev–Trinajstić information content (AvgIpc) is 2.53. The SMILES string of the molecule is Nc1ncc(-c2cccnc2Br)[nH]1. The molecule has 4 nitrogen and oxygen atoms in total. The van der Waals surface area contributed by atoms with E-state index in [1.807, 2.05) is 12.1 Å². The number of H-pyrrole nitrogens is 1. The zero-order valence-electron chi connectivity index (χ0n) is 6.66. The second kappa shape index (κ2) is 3.18. The van der Waals surface area contributed by atoms with E-state index >= 15 is 0 Å². The molecule has 0 saturated carbocycles. The maximum absolute atomic E-state index is 5.46. The van der Waals surface area contributed by atoms with E-state index in [9.17, 15) is 0 Å². The average molecular weight is 239 g/mol. The van der Waals surface area contributed by atoms with E-state index in [-0.39, 0.29) is 0 Å². The molecule has 2 aromatic rings. The van der Waals surface area contributed by atoms with Gasteiger partial charge in [-0.15, -0.1) is 0 Å². The molecular weight excluding hydrogens is 232 g/mol. The van der Waals surface area contributed by atoms with Crippen LogP contribution < -0.4 is 5.73 Å². The molecule has 0 bridgehead atoms. The molecule has 0 aliphatic rings. The summed E-state index contributed by atoms with van der Waals surface area (Å²) >= 11 is 3.34. The van der Waals surface area contributed by atoms with Gasteiger partial charge < -0.3 is 10.7 Å². The van der Waals surface area contributed by atoms with Gasteiger partial charge in [0.1, 0.15) is 4.60 Å². The molecule has 2 aromatic heterocycles. The first-order valence-electron chi connectivity index (χ1n) is 3.69. The largest absolute Gasteiger partial charge is 0.369 e. The van der Waals surface area contributed by atoms with Crippen LogP contribution in [-0.4, -0.2) is 15.0 Å². The molecule has 66 valence electrons. The molecule has 0 saturated heterocycles. The Balaban J connectivity index is 2.52. The maximum atomic E-state index is 5.46. The van der Waals surface area contributed by atoms with Gasteiger partial charge in [-0.1, -0.05) is 0 Å². The maximum Gasteiger partial charge on any atom is 0.197 e. The van der Waals surface area contributed by atoms with Crippen LogP contribution in [0.1, 0.15) is 0 Å². The molecular formula is C8H7BrN4. The van der Waals surface area contributed by atoms with Gasteiger partial charge in [0.05, 0.1) is 11.9 Å². The van der Waals surface area contributed by atoms with Crippen molar-refractivity contribution in [3.63, 3.8) is 0 Å². The Bertz CT molecular complexity index is 424. The summed E-state index contributed by atoms with van der Waals surface area (Å²) in [7, 11) is 0. The molecule has 0 aromatic carbocycles. The topological polar surface area (TPSA) is 67.6 Å². The smallest absolute Gasteiger partial charge is 0.197 e. The van der Waals surface area contributed by atoms with Crippen molar-refractivity contribution >= 4 is 21.9 Å². The summed E-state index contributed by atoms with van der Waals surface area (Å²) in [4.78, 5) is 10.9. The summed E-state index contributed by atoms with van der Waals surface area (Å²) in [6.07, 6.45) is 3.39. The Hall–Kier alpha value is -1.36. The number of nitrogens with two attached hydrogens (primary N) is 1. The Kier molecular flexibility index (Phi) is 2.02. The molecule has 2 heterocycles. The number of nitrogens with zero attached hydrogens (tertiary/aromatic N) is 2. The number of nitrogens with one attached hydrogen (secondary N) is 1. The lowest BCUT2D eigenvalue weighted by Gasteiger charge is -1.98. The molecule has 0 radical (unpaired) electrons. The van der Waals surface area contributed by atoms with Crippen LogP contribution in [0.3, 0.4) is 0 Å². The molecule has 3 N–H and O–H groups in total. The number of halogens is 1. The second-order valence-corrected chi connectivity index (χ2v) is 3.28. The van der Waals surface area contributed by atoms with Gasteiger partial charge in [-0.2, -0.15) is 0 Å². The number of nitrogen functional groups attached to an aromatic ring is 1. The van der Waals surface area contributed by atoms with Crippen LogP contribution in [0.5, 0.6) is 0 Å². The first kappa shape index (κ1) is 8.25. The van der Waals surface area contributed by atoms with Crippen LogP contribution in [0, 0.1) is 0 Å². The molecule has 2 rings (SSSR count). The Morgan fingerprint density at radius 3 is 2.85 bits per heavy atom. The fourth-order valence-corrected chi connectivity index (χ4v) is 1.52. The van der Waals surface area contributed by atoms with Gasteiger partial charge in [-0.3, -0.25) is 0 Å². The molecule has 0 spiro atoms. The van der Waals surface area contributed by atoms with E-state index < -0.39 is 0 Å². The Morgan fingerprint density at radius 2 is 2.23 bits per heavy atom. The summed E-state index contributed by atoms with van der Waals surface area (Å²) in [5.74, 6) is 0.408. The van der Waals surface area contributed by atoms with Crippen LogP contribution in [0.25, 0.3) is 11.3 Å². The normalized spacial score (nSPS) is 10.2. The quantitative estimate of drug-likeness (QED) is 0.745. The zero-order valence-corrected chi connectivity index (χ0v) is 8.25. The Labute approximate surface area is 83.3 Å². The van der Waals surface area contributed by atoms with Crippen molar-refractivity contribution in [2.24, 2.45) is 0 Å². The van der Waals surface area contributed by atoms with Gasteiger partial charge in [-0.25, -0.2) is 9.97 Å². The highest BCUT2D eigenvalue weighted by molar-refractivity contribution is 9.10. The van der Waals surface area contributed by atoms with Crippen molar-refractivity contribution in [3.8, 4) is 11.3 Å². The molecule has 0 aliphatic heterocycles. The number of anilines is 1. The lowest BCUT2D eigenvalue weighted by Crippen LogP contribution is -1.86. The van der Waals surface area contributed by atoms with Gasteiger partial charge >= 0.3 is 0 Å². The minimum Gasteiger partial charge on any atom is -0.369 e. The summed E-state index contributed by atoms with van der Waals surface area (Å²) in [6.45, 7) is 0. The number of pyridine rings is 1. The van der Waals surface area contributed by atoms with Crippen LogP contribution >= 0.6 is 15.9 Å². The molecule has 0 fully saturated rings. The third-order valence-electron chi connectivity index (χ3n) is 1.64. The molecule has 5 heteroatoms. The summed E-state index contributed by atoms with van der Waals surface area (Å²) in [6, 6.07) is 3.79. The number of aromatic amines is 1. The summed E-state index contributed by atoms with van der Waals surface area (Å²) in [5.41, 5.74) is 7.27. The summed E-state index contributed by atoms with van der Waals surface area (Å²) in [5, 5.41) is 0. The van der Waals surface area contributed by atoms with Crippen LogP contribution in [-0.2, 0) is 0 Å². The molecule has 0 atom stereocenters. The number of rotatable bonds is 1. The molecule has 0 unspecified atom stereocenters. The lowest BCUT2D eigenvalue weighted by molar-refractivity contribution is 1.26. The van der Waals surface area contributed by atoms with Gasteiger partial charge in [0, 0.05) is 11.8 Å². The van der Waals surface area contributed by atoms with Gasteiger partial charge in [0.15, 0.2) is 5.95 Å². The Morgan fingerprint density at radius 1 is 1.38 bits per heavy atom. The fourth-order valence-electron chi connectivity index (χ4n) is 1.06. The highest BCUT2D eigenvalue weighted by Gasteiger charge is 2.04. The molecule has 0 amide bonds. The minimum atomic E-state index is 0.408. The molecule has 13 heavy (non-hydrogen) atoms. The third-order valence-corrected chi connectivity index (χ3v) is 2.28. The molecule has 0 aliphatic carbocycles. The second-order valence-electron chi connectivity index (χ2n) is 2.52. The van der Waals surface area contributed by atoms with Crippen LogP contribution in [0.4, 0.5) is 5.95 Å². The number of aromatic nitrogens is 3. The number of imidazole rings is 1. The van der Waals surface area contributed by atoms with E-state index in [1.54, 1.807) is 12.4 Å². The summed E-state index contributed by atoms with van der Waals surface area (Å²) < 4.78 is 0.777. The minimum absolute atomic E-state index is 0.408. The number of hydrogen-bond donors (Lipinski definition) is 2. The third kappa shape index (κ3) is 1.55. The van der Waals surface area contributed by atoms with Gasteiger partial charge in [0.2, 0.25) is 0 Å². The monoisotopic (exact) mass is 238 g/mol. The van der Waals surface area contributed by atoms with E-state index in [2.05, 4.69) is 30.9 Å². The fraction of sp³-hybridized carbons (Fsp3) is 0. The van der Waals surface area contributed by atoms with E-state index in [1.165, 1.54) is 0 Å². The van der Waals surface area contributed by atoms with Crippen molar-refractivity contribution < 1.29 is 0 Å². The van der Waals surface area contributed by atoms with Crippen molar-refractivity contribution in [3.05, 3.63) is 29.1 Å². The van der Waals surface area contributed by atoms with Gasteiger partial charge in [0.25, 0.3) is 0 Å².